The maximum Gasteiger partial charge on any atom is 0.251 e. The number of carbonyl (C=O) groups is 1. The molecule has 7 heteroatoms. The first-order valence-electron chi connectivity index (χ1n) is 11.2. The molecule has 0 radical (unpaired) electrons. The fraction of sp³-hybridized carbons (Fsp3) is 0.462. The smallest absolute Gasteiger partial charge is 0.251 e. The largest absolute Gasteiger partial charge is 0.500 e. The van der Waals surface area contributed by atoms with Crippen LogP contribution in [0.15, 0.2) is 63.1 Å². The van der Waals surface area contributed by atoms with Gasteiger partial charge in [-0.25, -0.2) is 0 Å². The van der Waals surface area contributed by atoms with Crippen molar-refractivity contribution in [1.82, 2.24) is 10.6 Å². The highest BCUT2D eigenvalue weighted by molar-refractivity contribution is 8.05. The number of ether oxygens (including phenoxy) is 1. The lowest BCUT2D eigenvalue weighted by molar-refractivity contribution is 0.0957. The molecule has 0 bridgehead atoms. The molecule has 6 nitrogen and oxygen atoms in total. The minimum Gasteiger partial charge on any atom is -0.500 e. The van der Waals surface area contributed by atoms with Crippen molar-refractivity contribution in [1.29, 1.82) is 0 Å². The van der Waals surface area contributed by atoms with E-state index in [1.54, 1.807) is 18.7 Å². The number of nitrogens with zero attached hydrogens (tertiary/aromatic N) is 1. The van der Waals surface area contributed by atoms with Crippen LogP contribution in [0.2, 0.25) is 0 Å². The molecule has 3 atom stereocenters. The standard InChI is InChI=1S/C26H37N3O3S/c1-16-15-33-24(18(3)17(16)2)14-29-26(31)23-10-8-9-22(13-23)19(4)27-11-12-28-25(20(5)30)21(6)32-7/h8-10,13,15,17,20,25,28,30H,6,11-12,14H2,1-5,7H3,(H,29,31). The SMILES string of the molecule is C=C(OC)C(NCCN=C(C)c1cccc(C(=O)NCC2=C(C)C(C)C(C)=CS2)c1)C(C)O. The van der Waals surface area contributed by atoms with Crippen LogP contribution in [0.3, 0.4) is 0 Å². The molecule has 0 aliphatic carbocycles. The van der Waals surface area contributed by atoms with Gasteiger partial charge in [0.05, 0.1) is 25.8 Å². The van der Waals surface area contributed by atoms with E-state index < -0.39 is 6.10 Å². The Hall–Kier alpha value is -2.35. The molecule has 180 valence electrons. The van der Waals surface area contributed by atoms with E-state index in [1.807, 2.05) is 31.2 Å². The Morgan fingerprint density at radius 3 is 2.70 bits per heavy atom. The average Bonchev–Trinajstić information content (AvgIpc) is 2.81. The predicted molar refractivity (Wildman–Crippen MR) is 139 cm³/mol. The molecule has 3 unspecified atom stereocenters. The van der Waals surface area contributed by atoms with Crippen molar-refractivity contribution in [3.63, 3.8) is 0 Å². The van der Waals surface area contributed by atoms with Crippen LogP contribution in [0.5, 0.6) is 0 Å². The molecule has 0 spiro atoms. The van der Waals surface area contributed by atoms with Crippen LogP contribution in [-0.2, 0) is 4.74 Å². The number of hydrogen-bond acceptors (Lipinski definition) is 6. The quantitative estimate of drug-likeness (QED) is 0.255. The van der Waals surface area contributed by atoms with Gasteiger partial charge in [-0.2, -0.15) is 0 Å². The maximum absolute atomic E-state index is 12.8. The highest BCUT2D eigenvalue weighted by atomic mass is 32.2. The van der Waals surface area contributed by atoms with Gasteiger partial charge in [0.15, 0.2) is 0 Å². The normalized spacial score (nSPS) is 18.5. The number of carbonyl (C=O) groups excluding carboxylic acids is 1. The molecular weight excluding hydrogens is 434 g/mol. The summed E-state index contributed by atoms with van der Waals surface area (Å²) >= 11 is 1.70. The number of aliphatic imine (C=N–C) groups is 1. The number of aliphatic hydroxyl groups excluding tert-OH is 1. The molecule has 0 saturated heterocycles. The third kappa shape index (κ3) is 7.59. The second-order valence-corrected chi connectivity index (χ2v) is 9.35. The second kappa shape index (κ2) is 12.8. The van der Waals surface area contributed by atoms with E-state index >= 15 is 0 Å². The number of rotatable bonds is 11. The molecule has 3 N–H and O–H groups in total. The Kier molecular flexibility index (Phi) is 10.4. The third-order valence-electron chi connectivity index (χ3n) is 6.03. The summed E-state index contributed by atoms with van der Waals surface area (Å²) in [6.45, 7) is 15.5. The molecule has 1 aromatic rings. The van der Waals surface area contributed by atoms with E-state index in [-0.39, 0.29) is 11.9 Å². The minimum absolute atomic E-state index is 0.0935. The van der Waals surface area contributed by atoms with Gasteiger partial charge in [-0.15, -0.1) is 11.8 Å². The zero-order valence-corrected chi connectivity index (χ0v) is 21.4. The first-order chi connectivity index (χ1) is 15.6. The fourth-order valence-corrected chi connectivity index (χ4v) is 4.54. The van der Waals surface area contributed by atoms with Crippen LogP contribution in [0, 0.1) is 5.92 Å². The van der Waals surface area contributed by atoms with E-state index in [0.717, 1.165) is 11.3 Å². The first kappa shape index (κ1) is 26.9. The van der Waals surface area contributed by atoms with Crippen molar-refractivity contribution in [3.8, 4) is 0 Å². The van der Waals surface area contributed by atoms with Crippen molar-refractivity contribution in [2.24, 2.45) is 10.9 Å². The van der Waals surface area contributed by atoms with Crippen LogP contribution in [0.4, 0.5) is 0 Å². The van der Waals surface area contributed by atoms with E-state index in [9.17, 15) is 9.90 Å². The molecule has 2 rings (SSSR count). The van der Waals surface area contributed by atoms with Crippen LogP contribution < -0.4 is 10.6 Å². The highest BCUT2D eigenvalue weighted by Gasteiger charge is 2.19. The number of methoxy groups -OCH3 is 1. The number of benzene rings is 1. The van der Waals surface area contributed by atoms with Crippen molar-refractivity contribution >= 4 is 23.4 Å². The number of amides is 1. The van der Waals surface area contributed by atoms with Crippen molar-refractivity contribution in [3.05, 3.63) is 69.2 Å². The van der Waals surface area contributed by atoms with Gasteiger partial charge in [0.25, 0.3) is 5.91 Å². The summed E-state index contributed by atoms with van der Waals surface area (Å²) in [5, 5.41) is 18.3. The van der Waals surface area contributed by atoms with Gasteiger partial charge in [-0.3, -0.25) is 9.79 Å². The van der Waals surface area contributed by atoms with Gasteiger partial charge in [-0.05, 0) is 56.7 Å². The lowest BCUT2D eigenvalue weighted by Gasteiger charge is -2.22. The van der Waals surface area contributed by atoms with Gasteiger partial charge in [0.1, 0.15) is 5.76 Å². The average molecular weight is 472 g/mol. The Bertz CT molecular complexity index is 950. The van der Waals surface area contributed by atoms with E-state index in [0.29, 0.717) is 36.9 Å². The lowest BCUT2D eigenvalue weighted by Crippen LogP contribution is -2.41. The maximum atomic E-state index is 12.8. The highest BCUT2D eigenvalue weighted by Crippen LogP contribution is 2.35. The zero-order chi connectivity index (χ0) is 24.5. The van der Waals surface area contributed by atoms with E-state index in [2.05, 4.69) is 48.4 Å². The van der Waals surface area contributed by atoms with E-state index in [4.69, 9.17) is 4.74 Å². The molecule has 0 aromatic heterocycles. The van der Waals surface area contributed by atoms with Crippen molar-refractivity contribution < 1.29 is 14.6 Å². The Balaban J connectivity index is 1.95. The Labute approximate surface area is 202 Å². The molecule has 1 aliphatic heterocycles. The molecule has 1 heterocycles. The number of hydrogen-bond donors (Lipinski definition) is 3. The molecule has 1 aliphatic rings. The van der Waals surface area contributed by atoms with E-state index in [1.165, 1.54) is 23.2 Å². The monoisotopic (exact) mass is 471 g/mol. The van der Waals surface area contributed by atoms with Crippen molar-refractivity contribution in [2.45, 2.75) is 46.8 Å². The number of thioether (sulfide) groups is 1. The number of aliphatic hydroxyl groups is 1. The Morgan fingerprint density at radius 1 is 1.33 bits per heavy atom. The molecule has 33 heavy (non-hydrogen) atoms. The number of nitrogens with one attached hydrogen (secondary N) is 2. The Morgan fingerprint density at radius 2 is 2.03 bits per heavy atom. The molecule has 1 aromatic carbocycles. The summed E-state index contributed by atoms with van der Waals surface area (Å²) < 4.78 is 5.13. The van der Waals surface area contributed by atoms with Gasteiger partial charge in [0, 0.05) is 29.3 Å². The summed E-state index contributed by atoms with van der Waals surface area (Å²) in [5.74, 6) is 0.810. The van der Waals surface area contributed by atoms with Crippen LogP contribution >= 0.6 is 11.8 Å². The fourth-order valence-electron chi connectivity index (χ4n) is 3.49. The predicted octanol–water partition coefficient (Wildman–Crippen LogP) is 4.29. The van der Waals surface area contributed by atoms with Gasteiger partial charge >= 0.3 is 0 Å². The van der Waals surface area contributed by atoms with Gasteiger partial charge in [0.2, 0.25) is 0 Å². The molecular formula is C26H37N3O3S. The first-order valence-corrected chi connectivity index (χ1v) is 12.1. The third-order valence-corrected chi connectivity index (χ3v) is 7.27. The van der Waals surface area contributed by atoms with Crippen molar-refractivity contribution in [2.75, 3.05) is 26.7 Å². The summed E-state index contributed by atoms with van der Waals surface area (Å²) in [4.78, 5) is 18.6. The molecule has 0 fully saturated rings. The zero-order valence-electron chi connectivity index (χ0n) is 20.6. The van der Waals surface area contributed by atoms with Gasteiger partial charge in [-0.1, -0.05) is 36.8 Å². The summed E-state index contributed by atoms with van der Waals surface area (Å²) in [6.07, 6.45) is -0.618. The van der Waals surface area contributed by atoms with Crippen LogP contribution in [0.1, 0.15) is 50.5 Å². The van der Waals surface area contributed by atoms with Gasteiger partial charge < -0.3 is 20.5 Å². The lowest BCUT2D eigenvalue weighted by atomic mass is 9.95. The molecule has 1 amide bonds. The van der Waals surface area contributed by atoms with Crippen LogP contribution in [0.25, 0.3) is 0 Å². The summed E-state index contributed by atoms with van der Waals surface area (Å²) in [6, 6.07) is 7.17. The minimum atomic E-state index is -0.618. The van der Waals surface area contributed by atoms with Crippen LogP contribution in [-0.4, -0.2) is 55.6 Å². The molecule has 0 saturated carbocycles. The topological polar surface area (TPSA) is 83.0 Å². The summed E-state index contributed by atoms with van der Waals surface area (Å²) in [5.41, 5.74) is 5.05. The second-order valence-electron chi connectivity index (χ2n) is 8.38. The summed E-state index contributed by atoms with van der Waals surface area (Å²) in [7, 11) is 1.54. The number of allylic oxidation sites excluding steroid dienone is 2.